The van der Waals surface area contributed by atoms with Crippen molar-refractivity contribution in [2.24, 2.45) is 0 Å². The number of methoxy groups -OCH3 is 1. The highest BCUT2D eigenvalue weighted by atomic mass is 31.2. The van der Waals surface area contributed by atoms with E-state index in [2.05, 4.69) is 20.0 Å². The van der Waals surface area contributed by atoms with E-state index in [1.54, 1.807) is 12.1 Å². The number of esters is 1. The van der Waals surface area contributed by atoms with Gasteiger partial charge in [-0.05, 0) is 51.0 Å². The highest BCUT2D eigenvalue weighted by molar-refractivity contribution is 7.52. The number of hydrogen-bond donors (Lipinski definition) is 2. The minimum atomic E-state index is -4.26. The second-order valence-corrected chi connectivity index (χ2v) is 13.3. The molecule has 1 saturated carbocycles. The molecule has 1 unspecified atom stereocenters. The first-order valence-electron chi connectivity index (χ1n) is 14.8. The molecule has 1 aliphatic carbocycles. The zero-order chi connectivity index (χ0) is 31.8. The van der Waals surface area contributed by atoms with E-state index < -0.39 is 37.8 Å². The van der Waals surface area contributed by atoms with Crippen LogP contribution in [0.5, 0.6) is 11.6 Å². The normalized spacial score (nSPS) is 24.1. The molecule has 0 radical (unpaired) electrons. The van der Waals surface area contributed by atoms with Gasteiger partial charge in [0.2, 0.25) is 11.8 Å². The molecule has 0 amide bonds. The number of anilines is 1. The molecule has 6 rings (SSSR count). The predicted octanol–water partition coefficient (Wildman–Crippen LogP) is 5.25. The minimum Gasteiger partial charge on any atom is -0.479 e. The summed E-state index contributed by atoms with van der Waals surface area (Å²) in [5.74, 6) is -0.202. The van der Waals surface area contributed by atoms with Gasteiger partial charge in [-0.25, -0.2) is 13.9 Å². The number of nitrogens with zero attached hydrogens (tertiary/aromatic N) is 4. The Hall–Kier alpha value is -3.84. The zero-order valence-electron chi connectivity index (χ0n) is 25.2. The van der Waals surface area contributed by atoms with Gasteiger partial charge in [0.25, 0.3) is 0 Å². The third-order valence-corrected chi connectivity index (χ3v) is 9.63. The zero-order valence-corrected chi connectivity index (χ0v) is 26.1. The van der Waals surface area contributed by atoms with Crippen molar-refractivity contribution in [1.82, 2.24) is 24.6 Å². The fourth-order valence-electron chi connectivity index (χ4n) is 5.83. The number of ether oxygens (including phenoxy) is 3. The van der Waals surface area contributed by atoms with Gasteiger partial charge in [-0.3, -0.25) is 13.9 Å². The average Bonchev–Trinajstić information content (AvgIpc) is 3.74. The van der Waals surface area contributed by atoms with E-state index >= 15 is 4.39 Å². The van der Waals surface area contributed by atoms with Crippen LogP contribution in [0.25, 0.3) is 21.9 Å². The fraction of sp³-hybridized carbons (Fsp3) is 0.467. The standard InChI is InChI=1S/C30H36FN6O7P/c1-18(27(38)42-20-11-5-6-12-20)36-45(39,44-23-14-8-10-19-9-4-7-13-22(19)23)41-16-21-15-30(2,31)28(43-21)37-17-33-24-25(37)34-29(32)35-26(24)40-3/h4,7-10,13-14,17-18,20-21,28H,5-6,11-12,15-16H2,1-3H3,(H,36,39)(H2,32,34,35)/t18-,21-,28+,30+,45?/m0/s1. The quantitative estimate of drug-likeness (QED) is 0.162. The van der Waals surface area contributed by atoms with Gasteiger partial charge >= 0.3 is 13.7 Å². The summed E-state index contributed by atoms with van der Waals surface area (Å²) in [5.41, 5.74) is 4.46. The number of fused-ring (bicyclic) bond motifs is 2. The van der Waals surface area contributed by atoms with Crippen LogP contribution >= 0.6 is 7.75 Å². The number of hydrogen-bond acceptors (Lipinski definition) is 11. The lowest BCUT2D eigenvalue weighted by molar-refractivity contribution is -0.150. The second-order valence-electron chi connectivity index (χ2n) is 11.6. The molecule has 2 aromatic carbocycles. The number of benzene rings is 2. The second kappa shape index (κ2) is 12.5. The number of alkyl halides is 1. The van der Waals surface area contributed by atoms with Gasteiger partial charge < -0.3 is 24.5 Å². The van der Waals surface area contributed by atoms with Crippen molar-refractivity contribution in [1.29, 1.82) is 0 Å². The van der Waals surface area contributed by atoms with Crippen molar-refractivity contribution in [2.75, 3.05) is 19.5 Å². The van der Waals surface area contributed by atoms with Gasteiger partial charge in [0, 0.05) is 11.8 Å². The Bertz CT molecular complexity index is 1740. The summed E-state index contributed by atoms with van der Waals surface area (Å²) >= 11 is 0. The summed E-state index contributed by atoms with van der Waals surface area (Å²) in [5, 5.41) is 4.29. The Morgan fingerprint density at radius 3 is 2.76 bits per heavy atom. The molecule has 0 bridgehead atoms. The molecule has 45 heavy (non-hydrogen) atoms. The Morgan fingerprint density at radius 1 is 1.22 bits per heavy atom. The molecular weight excluding hydrogens is 606 g/mol. The molecule has 3 heterocycles. The van der Waals surface area contributed by atoms with E-state index in [0.717, 1.165) is 31.1 Å². The number of imidazole rings is 1. The SMILES string of the molecule is COc1nc(N)nc2c1ncn2[C@@H]1O[C@H](COP(=O)(N[C@@H](C)C(=O)OC2CCCC2)Oc2cccc3ccccc23)C[C@@]1(C)F. The third kappa shape index (κ3) is 6.60. The fourth-order valence-corrected chi connectivity index (χ4v) is 7.37. The molecule has 15 heteroatoms. The monoisotopic (exact) mass is 642 g/mol. The smallest absolute Gasteiger partial charge is 0.459 e. The highest BCUT2D eigenvalue weighted by Gasteiger charge is 2.48. The molecule has 5 atom stereocenters. The van der Waals surface area contributed by atoms with Crippen LogP contribution in [0.4, 0.5) is 10.3 Å². The Morgan fingerprint density at radius 2 is 1.98 bits per heavy atom. The topological polar surface area (TPSA) is 162 Å². The van der Waals surface area contributed by atoms with Crippen molar-refractivity contribution < 1.29 is 37.0 Å². The van der Waals surface area contributed by atoms with Gasteiger partial charge in [-0.15, -0.1) is 0 Å². The van der Waals surface area contributed by atoms with Crippen LogP contribution in [0.3, 0.4) is 0 Å². The molecule has 2 aromatic heterocycles. The van der Waals surface area contributed by atoms with E-state index in [9.17, 15) is 9.36 Å². The summed E-state index contributed by atoms with van der Waals surface area (Å²) in [7, 11) is -2.84. The van der Waals surface area contributed by atoms with Crippen molar-refractivity contribution in [3.8, 4) is 11.6 Å². The summed E-state index contributed by atoms with van der Waals surface area (Å²) in [6.45, 7) is 2.60. The summed E-state index contributed by atoms with van der Waals surface area (Å²) < 4.78 is 60.6. The Labute approximate surface area is 259 Å². The van der Waals surface area contributed by atoms with Crippen molar-refractivity contribution in [2.45, 2.75) is 76.1 Å². The molecular formula is C30H36FN6O7P. The van der Waals surface area contributed by atoms with Crippen LogP contribution in [0.2, 0.25) is 0 Å². The van der Waals surface area contributed by atoms with Crippen LogP contribution < -0.4 is 20.1 Å². The summed E-state index contributed by atoms with van der Waals surface area (Å²) in [4.78, 5) is 25.4. The molecule has 3 N–H and O–H groups in total. The largest absolute Gasteiger partial charge is 0.479 e. The molecule has 4 aromatic rings. The minimum absolute atomic E-state index is 0.0716. The van der Waals surface area contributed by atoms with Gasteiger partial charge in [-0.2, -0.15) is 15.1 Å². The number of carbonyl (C=O) groups is 1. The van der Waals surface area contributed by atoms with Crippen molar-refractivity contribution >= 4 is 41.6 Å². The van der Waals surface area contributed by atoms with E-state index in [1.165, 1.54) is 31.9 Å². The van der Waals surface area contributed by atoms with Gasteiger partial charge in [0.15, 0.2) is 23.1 Å². The van der Waals surface area contributed by atoms with Crippen LogP contribution in [-0.2, 0) is 23.4 Å². The number of nitrogens with two attached hydrogens (primary N) is 1. The number of nitrogens with one attached hydrogen (secondary N) is 1. The molecule has 240 valence electrons. The average molecular weight is 643 g/mol. The van der Waals surface area contributed by atoms with E-state index in [0.29, 0.717) is 10.9 Å². The van der Waals surface area contributed by atoms with Gasteiger partial charge in [-0.1, -0.05) is 36.4 Å². The predicted molar refractivity (Wildman–Crippen MR) is 163 cm³/mol. The maximum atomic E-state index is 16.0. The molecule has 2 fully saturated rings. The molecule has 1 aliphatic heterocycles. The summed E-state index contributed by atoms with van der Waals surface area (Å²) in [6.07, 6.45) is 2.64. The lowest BCUT2D eigenvalue weighted by Gasteiger charge is -2.25. The maximum Gasteiger partial charge on any atom is 0.459 e. The van der Waals surface area contributed by atoms with Crippen molar-refractivity contribution in [3.63, 3.8) is 0 Å². The first-order valence-corrected chi connectivity index (χ1v) is 16.4. The molecule has 0 spiro atoms. The lowest BCUT2D eigenvalue weighted by atomic mass is 10.0. The third-order valence-electron chi connectivity index (χ3n) is 8.00. The number of nitrogen functional groups attached to an aromatic ring is 1. The number of aromatic nitrogens is 4. The number of carbonyl (C=O) groups excluding carboxylic acids is 1. The number of halogens is 1. The first-order chi connectivity index (χ1) is 21.5. The number of rotatable bonds is 11. The van der Waals surface area contributed by atoms with Crippen LogP contribution in [0.15, 0.2) is 48.8 Å². The van der Waals surface area contributed by atoms with Gasteiger partial charge in [0.1, 0.15) is 17.9 Å². The maximum absolute atomic E-state index is 16.0. The van der Waals surface area contributed by atoms with Crippen LogP contribution in [0.1, 0.15) is 52.2 Å². The van der Waals surface area contributed by atoms with Crippen molar-refractivity contribution in [3.05, 3.63) is 48.8 Å². The van der Waals surface area contributed by atoms with Gasteiger partial charge in [0.05, 0.1) is 26.1 Å². The first kappa shape index (κ1) is 31.2. The van der Waals surface area contributed by atoms with E-state index in [1.807, 2.05) is 30.3 Å². The van der Waals surface area contributed by atoms with E-state index in [-0.39, 0.29) is 42.4 Å². The molecule has 1 saturated heterocycles. The molecule has 13 nitrogen and oxygen atoms in total. The van der Waals surface area contributed by atoms with E-state index in [4.69, 9.17) is 29.0 Å². The summed E-state index contributed by atoms with van der Waals surface area (Å²) in [6, 6.07) is 11.7. The lowest BCUT2D eigenvalue weighted by Crippen LogP contribution is -2.37. The Balaban J connectivity index is 1.22. The molecule has 2 aliphatic rings. The highest BCUT2D eigenvalue weighted by Crippen LogP contribution is 2.49. The van der Waals surface area contributed by atoms with Crippen LogP contribution in [-0.4, -0.2) is 63.1 Å². The van der Waals surface area contributed by atoms with Crippen LogP contribution in [0, 0.1) is 0 Å². The Kier molecular flexibility index (Phi) is 8.66.